The minimum Gasteiger partial charge on any atom is -0.490 e. The average Bonchev–Trinajstić information content (AvgIpc) is 2.96. The predicted octanol–water partition coefficient (Wildman–Crippen LogP) is 4.00. The lowest BCUT2D eigenvalue weighted by molar-refractivity contribution is -0.138. The van der Waals surface area contributed by atoms with E-state index in [1.54, 1.807) is 24.3 Å². The van der Waals surface area contributed by atoms with Gasteiger partial charge < -0.3 is 14.4 Å². The molecule has 3 heterocycles. The second kappa shape index (κ2) is 8.78. The number of carbonyl (C=O) groups excluding carboxylic acids is 3. The van der Waals surface area contributed by atoms with Crippen LogP contribution in [0.5, 0.6) is 11.5 Å². The molecule has 3 amide bonds. The molecule has 2 unspecified atom stereocenters. The monoisotopic (exact) mass is 462 g/mol. The van der Waals surface area contributed by atoms with Gasteiger partial charge in [0.25, 0.3) is 11.8 Å². The maximum absolute atomic E-state index is 14.0. The van der Waals surface area contributed by atoms with Crippen LogP contribution in [-0.2, 0) is 11.2 Å². The molecule has 3 aliphatic rings. The fourth-order valence-electron chi connectivity index (χ4n) is 5.22. The maximum atomic E-state index is 14.0. The van der Waals surface area contributed by atoms with Crippen LogP contribution < -0.4 is 9.47 Å². The number of fused-ring (bicyclic) bond motifs is 3. The molecule has 7 heteroatoms. The molecule has 0 saturated carbocycles. The van der Waals surface area contributed by atoms with Crippen LogP contribution in [0, 0.1) is 5.92 Å². The van der Waals surface area contributed by atoms with Gasteiger partial charge in [-0.3, -0.25) is 19.3 Å². The van der Waals surface area contributed by atoms with Crippen LogP contribution >= 0.6 is 0 Å². The first-order valence-electron chi connectivity index (χ1n) is 12.1. The summed E-state index contributed by atoms with van der Waals surface area (Å²) in [6.07, 6.45) is 1.93. The molecule has 0 fully saturated rings. The molecule has 2 aromatic rings. The molecule has 7 nitrogen and oxygen atoms in total. The summed E-state index contributed by atoms with van der Waals surface area (Å²) in [5.41, 5.74) is 2.90. The van der Waals surface area contributed by atoms with Gasteiger partial charge in [0.2, 0.25) is 5.91 Å². The van der Waals surface area contributed by atoms with Crippen molar-refractivity contribution >= 4 is 17.7 Å². The van der Waals surface area contributed by atoms with Crippen LogP contribution in [0.25, 0.3) is 0 Å². The number of rotatable bonds is 4. The molecule has 0 spiro atoms. The van der Waals surface area contributed by atoms with E-state index in [-0.39, 0.29) is 29.7 Å². The van der Waals surface area contributed by atoms with Crippen molar-refractivity contribution in [2.75, 3.05) is 19.8 Å². The van der Waals surface area contributed by atoms with Crippen LogP contribution in [-0.4, -0.2) is 53.3 Å². The van der Waals surface area contributed by atoms with Crippen molar-refractivity contribution in [3.63, 3.8) is 0 Å². The summed E-state index contributed by atoms with van der Waals surface area (Å²) >= 11 is 0. The van der Waals surface area contributed by atoms with E-state index in [2.05, 4.69) is 0 Å². The van der Waals surface area contributed by atoms with E-state index in [9.17, 15) is 14.4 Å². The number of ether oxygens (including phenoxy) is 2. The van der Waals surface area contributed by atoms with Gasteiger partial charge >= 0.3 is 0 Å². The second-order valence-corrected chi connectivity index (χ2v) is 9.68. The Labute approximate surface area is 199 Å². The summed E-state index contributed by atoms with van der Waals surface area (Å²) in [4.78, 5) is 43.3. The molecule has 3 aliphatic heterocycles. The number of benzene rings is 2. The lowest BCUT2D eigenvalue weighted by atomic mass is 9.91. The minimum absolute atomic E-state index is 0.131. The SMILES string of the molecule is CC(C)CC(C(=O)N1CCc2cc3c(cc2C1C)OCCCO3)N1C(=O)c2ccccc2C1=O. The highest BCUT2D eigenvalue weighted by molar-refractivity contribution is 6.22. The van der Waals surface area contributed by atoms with E-state index in [0.717, 1.165) is 23.3 Å². The van der Waals surface area contributed by atoms with Gasteiger partial charge in [-0.15, -0.1) is 0 Å². The van der Waals surface area contributed by atoms with Gasteiger partial charge in [0.1, 0.15) is 6.04 Å². The van der Waals surface area contributed by atoms with Gasteiger partial charge in [-0.1, -0.05) is 26.0 Å². The molecule has 0 aromatic heterocycles. The lowest BCUT2D eigenvalue weighted by Crippen LogP contribution is -2.53. The van der Waals surface area contributed by atoms with Crippen LogP contribution in [0.15, 0.2) is 36.4 Å². The Morgan fingerprint density at radius 3 is 2.26 bits per heavy atom. The molecule has 0 N–H and O–H groups in total. The Kier molecular flexibility index (Phi) is 5.80. The van der Waals surface area contributed by atoms with Gasteiger partial charge in [0, 0.05) is 13.0 Å². The fraction of sp³-hybridized carbons (Fsp3) is 0.444. The third-order valence-corrected chi connectivity index (χ3v) is 6.95. The Morgan fingerprint density at radius 1 is 1.03 bits per heavy atom. The van der Waals surface area contributed by atoms with Crippen LogP contribution in [0.2, 0.25) is 0 Å². The summed E-state index contributed by atoms with van der Waals surface area (Å²) in [7, 11) is 0. The molecule has 0 bridgehead atoms. The zero-order valence-electron chi connectivity index (χ0n) is 19.9. The Balaban J connectivity index is 1.46. The van der Waals surface area contributed by atoms with E-state index in [1.807, 2.05) is 37.8 Å². The largest absolute Gasteiger partial charge is 0.490 e. The molecule has 34 heavy (non-hydrogen) atoms. The number of imide groups is 1. The third kappa shape index (κ3) is 3.73. The molecule has 0 saturated heterocycles. The molecule has 0 radical (unpaired) electrons. The number of hydrogen-bond donors (Lipinski definition) is 0. The molecular weight excluding hydrogens is 432 g/mol. The van der Waals surface area contributed by atoms with Crippen LogP contribution in [0.3, 0.4) is 0 Å². The van der Waals surface area contributed by atoms with Gasteiger partial charge in [-0.25, -0.2) is 0 Å². The lowest BCUT2D eigenvalue weighted by Gasteiger charge is -2.39. The Bertz CT molecular complexity index is 1120. The summed E-state index contributed by atoms with van der Waals surface area (Å²) in [5.74, 6) is 0.630. The predicted molar refractivity (Wildman–Crippen MR) is 126 cm³/mol. The fourth-order valence-corrected chi connectivity index (χ4v) is 5.22. The van der Waals surface area contributed by atoms with Gasteiger partial charge in [0.15, 0.2) is 11.5 Å². The first kappa shape index (κ1) is 22.4. The third-order valence-electron chi connectivity index (χ3n) is 6.95. The normalized spacial score (nSPS) is 20.2. The first-order valence-corrected chi connectivity index (χ1v) is 12.1. The highest BCUT2D eigenvalue weighted by Crippen LogP contribution is 2.40. The molecule has 178 valence electrons. The molecular formula is C27H30N2O5. The highest BCUT2D eigenvalue weighted by Gasteiger charge is 2.45. The Hall–Kier alpha value is -3.35. The number of hydrogen-bond acceptors (Lipinski definition) is 5. The van der Waals surface area contributed by atoms with Crippen molar-refractivity contribution in [1.82, 2.24) is 9.80 Å². The topological polar surface area (TPSA) is 76.2 Å². The average molecular weight is 463 g/mol. The molecule has 0 aliphatic carbocycles. The Morgan fingerprint density at radius 2 is 1.65 bits per heavy atom. The first-order chi connectivity index (χ1) is 16.4. The van der Waals surface area contributed by atoms with E-state index in [0.29, 0.717) is 49.5 Å². The molecule has 2 atom stereocenters. The zero-order chi connectivity index (χ0) is 24.0. The quantitative estimate of drug-likeness (QED) is 0.642. The number of nitrogens with zero attached hydrogens (tertiary/aromatic N) is 2. The highest BCUT2D eigenvalue weighted by atomic mass is 16.5. The van der Waals surface area contributed by atoms with Crippen molar-refractivity contribution in [2.24, 2.45) is 5.92 Å². The van der Waals surface area contributed by atoms with Crippen LogP contribution in [0.1, 0.15) is 71.5 Å². The smallest absolute Gasteiger partial charge is 0.262 e. The van der Waals surface area contributed by atoms with Crippen molar-refractivity contribution in [1.29, 1.82) is 0 Å². The van der Waals surface area contributed by atoms with Crippen molar-refractivity contribution in [3.8, 4) is 11.5 Å². The summed E-state index contributed by atoms with van der Waals surface area (Å²) < 4.78 is 11.7. The molecule has 2 aromatic carbocycles. The minimum atomic E-state index is -0.836. The van der Waals surface area contributed by atoms with Crippen molar-refractivity contribution in [3.05, 3.63) is 58.7 Å². The number of amides is 3. The van der Waals surface area contributed by atoms with Gasteiger partial charge in [-0.2, -0.15) is 0 Å². The van der Waals surface area contributed by atoms with E-state index < -0.39 is 6.04 Å². The summed E-state index contributed by atoms with van der Waals surface area (Å²) in [6.45, 7) is 7.74. The summed E-state index contributed by atoms with van der Waals surface area (Å²) in [5, 5.41) is 0. The zero-order valence-corrected chi connectivity index (χ0v) is 19.9. The van der Waals surface area contributed by atoms with Crippen LogP contribution in [0.4, 0.5) is 0 Å². The molecule has 5 rings (SSSR count). The van der Waals surface area contributed by atoms with E-state index >= 15 is 0 Å². The van der Waals surface area contributed by atoms with Crippen molar-refractivity contribution in [2.45, 2.75) is 52.1 Å². The second-order valence-electron chi connectivity index (χ2n) is 9.68. The standard InChI is InChI=1S/C27H30N2O5/c1-16(2)13-22(29-25(30)19-7-4-5-8-20(19)26(29)31)27(32)28-10-9-18-14-23-24(15-21(18)17(28)3)34-12-6-11-33-23/h4-5,7-8,14-17,22H,6,9-13H2,1-3H3. The van der Waals surface area contributed by atoms with E-state index in [1.165, 1.54) is 4.90 Å². The van der Waals surface area contributed by atoms with E-state index in [4.69, 9.17) is 9.47 Å². The maximum Gasteiger partial charge on any atom is 0.262 e. The number of carbonyl (C=O) groups is 3. The summed E-state index contributed by atoms with van der Waals surface area (Å²) in [6, 6.07) is 9.76. The van der Waals surface area contributed by atoms with Gasteiger partial charge in [0.05, 0.1) is 30.4 Å². The van der Waals surface area contributed by atoms with Crippen molar-refractivity contribution < 1.29 is 23.9 Å². The van der Waals surface area contributed by atoms with Gasteiger partial charge in [-0.05, 0) is 61.1 Å².